The van der Waals surface area contributed by atoms with Crippen molar-refractivity contribution in [2.45, 2.75) is 6.92 Å². The Morgan fingerprint density at radius 2 is 2.12 bits per heavy atom. The van der Waals surface area contributed by atoms with Crippen LogP contribution in [0.3, 0.4) is 0 Å². The Bertz CT molecular complexity index is 173. The predicted molar refractivity (Wildman–Crippen MR) is 37.9 cm³/mol. The molecule has 0 bridgehead atoms. The third kappa shape index (κ3) is 0.767. The lowest BCUT2D eigenvalue weighted by Gasteiger charge is -1.80. The van der Waals surface area contributed by atoms with E-state index in [9.17, 15) is 0 Å². The summed E-state index contributed by atoms with van der Waals surface area (Å²) >= 11 is 1.52. The molecule has 1 aromatic heterocycles. The molecule has 0 aromatic carbocycles. The molecule has 4 N–H and O–H groups in total. The largest absolute Gasteiger partial charge is 0.398 e. The molecule has 0 unspecified atom stereocenters. The molecule has 1 aromatic rings. The van der Waals surface area contributed by atoms with Gasteiger partial charge < -0.3 is 11.5 Å². The molecular weight excluding hydrogens is 120 g/mol. The average molecular weight is 128 g/mol. The van der Waals surface area contributed by atoms with Crippen molar-refractivity contribution >= 4 is 22.0 Å². The fraction of sp³-hybridized carbons (Fsp3) is 0.200. The van der Waals surface area contributed by atoms with Gasteiger partial charge in [-0.25, -0.2) is 0 Å². The molecule has 0 aliphatic carbocycles. The van der Waals surface area contributed by atoms with Crippen LogP contribution in [0.2, 0.25) is 0 Å². The van der Waals surface area contributed by atoms with Crippen molar-refractivity contribution in [3.05, 3.63) is 10.9 Å². The third-order valence-corrected chi connectivity index (χ3v) is 1.87. The van der Waals surface area contributed by atoms with E-state index in [1.54, 1.807) is 6.07 Å². The van der Waals surface area contributed by atoms with Crippen molar-refractivity contribution < 1.29 is 0 Å². The Balaban J connectivity index is 3.14. The minimum Gasteiger partial charge on any atom is -0.398 e. The van der Waals surface area contributed by atoms with Crippen LogP contribution in [0.1, 0.15) is 4.88 Å². The second kappa shape index (κ2) is 1.67. The first-order valence-corrected chi connectivity index (χ1v) is 3.13. The van der Waals surface area contributed by atoms with Crippen LogP contribution in [0.4, 0.5) is 10.7 Å². The van der Waals surface area contributed by atoms with Gasteiger partial charge in [-0.1, -0.05) is 0 Å². The van der Waals surface area contributed by atoms with E-state index in [1.165, 1.54) is 11.3 Å². The van der Waals surface area contributed by atoms with Crippen molar-refractivity contribution in [2.75, 3.05) is 11.5 Å². The van der Waals surface area contributed by atoms with Gasteiger partial charge in [-0.3, -0.25) is 0 Å². The minimum atomic E-state index is 0.792. The zero-order valence-corrected chi connectivity index (χ0v) is 5.46. The van der Waals surface area contributed by atoms with Crippen LogP contribution in [0.5, 0.6) is 0 Å². The van der Waals surface area contributed by atoms with Gasteiger partial charge in [-0.05, 0) is 13.0 Å². The van der Waals surface area contributed by atoms with E-state index in [-0.39, 0.29) is 0 Å². The van der Waals surface area contributed by atoms with Gasteiger partial charge in [0.25, 0.3) is 0 Å². The molecule has 1 heterocycles. The summed E-state index contributed by atoms with van der Waals surface area (Å²) < 4.78 is 0. The number of hydrogen-bond acceptors (Lipinski definition) is 3. The van der Waals surface area contributed by atoms with Gasteiger partial charge in [-0.2, -0.15) is 0 Å². The van der Waals surface area contributed by atoms with Crippen LogP contribution in [0.15, 0.2) is 6.07 Å². The van der Waals surface area contributed by atoms with E-state index < -0.39 is 0 Å². The van der Waals surface area contributed by atoms with Crippen LogP contribution < -0.4 is 11.5 Å². The van der Waals surface area contributed by atoms with Gasteiger partial charge in [0.15, 0.2) is 0 Å². The number of rotatable bonds is 0. The zero-order chi connectivity index (χ0) is 6.15. The van der Waals surface area contributed by atoms with Crippen LogP contribution in [-0.4, -0.2) is 0 Å². The summed E-state index contributed by atoms with van der Waals surface area (Å²) in [4.78, 5) is 1.10. The van der Waals surface area contributed by atoms with Crippen molar-refractivity contribution in [3.63, 3.8) is 0 Å². The van der Waals surface area contributed by atoms with E-state index in [4.69, 9.17) is 11.5 Å². The third-order valence-electron chi connectivity index (χ3n) is 0.975. The molecule has 0 saturated carbocycles. The zero-order valence-electron chi connectivity index (χ0n) is 4.64. The van der Waals surface area contributed by atoms with Gasteiger partial charge in [-0.15, -0.1) is 11.3 Å². The summed E-state index contributed by atoms with van der Waals surface area (Å²) in [5.41, 5.74) is 11.7. The topological polar surface area (TPSA) is 52.0 Å². The Labute approximate surface area is 52.1 Å². The highest BCUT2D eigenvalue weighted by molar-refractivity contribution is 7.16. The smallest absolute Gasteiger partial charge is 0.0880 e. The first-order chi connectivity index (χ1) is 3.70. The molecule has 0 amide bonds. The average Bonchev–Trinajstić information content (AvgIpc) is 1.85. The van der Waals surface area contributed by atoms with Crippen molar-refractivity contribution in [1.82, 2.24) is 0 Å². The van der Waals surface area contributed by atoms with Gasteiger partial charge in [0.2, 0.25) is 0 Å². The summed E-state index contributed by atoms with van der Waals surface area (Å²) in [7, 11) is 0. The number of anilines is 2. The Hall–Kier alpha value is -0.700. The molecule has 8 heavy (non-hydrogen) atoms. The van der Waals surface area contributed by atoms with Gasteiger partial charge in [0.1, 0.15) is 0 Å². The van der Waals surface area contributed by atoms with Crippen molar-refractivity contribution in [1.29, 1.82) is 0 Å². The molecule has 0 aliphatic rings. The first-order valence-electron chi connectivity index (χ1n) is 2.31. The van der Waals surface area contributed by atoms with E-state index in [0.29, 0.717) is 0 Å². The fourth-order valence-electron chi connectivity index (χ4n) is 0.520. The van der Waals surface area contributed by atoms with E-state index in [1.807, 2.05) is 6.92 Å². The maximum atomic E-state index is 5.47. The van der Waals surface area contributed by atoms with Crippen molar-refractivity contribution in [2.24, 2.45) is 0 Å². The van der Waals surface area contributed by atoms with Crippen LogP contribution in [-0.2, 0) is 0 Å². The second-order valence-corrected chi connectivity index (χ2v) is 2.95. The van der Waals surface area contributed by atoms with Crippen molar-refractivity contribution in [3.8, 4) is 0 Å². The molecule has 0 radical (unpaired) electrons. The maximum absolute atomic E-state index is 5.47. The van der Waals surface area contributed by atoms with Gasteiger partial charge >= 0.3 is 0 Å². The molecule has 0 atom stereocenters. The highest BCUT2D eigenvalue weighted by Crippen LogP contribution is 2.24. The summed E-state index contributed by atoms with van der Waals surface area (Å²) in [5.74, 6) is 0. The van der Waals surface area contributed by atoms with Crippen LogP contribution in [0, 0.1) is 6.92 Å². The summed E-state index contributed by atoms with van der Waals surface area (Å²) in [6, 6.07) is 1.78. The van der Waals surface area contributed by atoms with Gasteiger partial charge in [0, 0.05) is 10.6 Å². The SMILES string of the molecule is Cc1sc(N)cc1N. The maximum Gasteiger partial charge on any atom is 0.0880 e. The van der Waals surface area contributed by atoms with Crippen LogP contribution >= 0.6 is 11.3 Å². The normalized spacial score (nSPS) is 9.62. The Morgan fingerprint density at radius 1 is 1.50 bits per heavy atom. The van der Waals surface area contributed by atoms with E-state index in [2.05, 4.69) is 0 Å². The summed E-state index contributed by atoms with van der Waals surface area (Å²) in [5, 5.41) is 0.792. The molecule has 3 heteroatoms. The highest BCUT2D eigenvalue weighted by Gasteiger charge is 1.95. The molecule has 44 valence electrons. The molecular formula is C5H8N2S. The Kier molecular flexibility index (Phi) is 1.13. The summed E-state index contributed by atoms with van der Waals surface area (Å²) in [6.07, 6.45) is 0. The lowest BCUT2D eigenvalue weighted by molar-refractivity contribution is 1.63. The first kappa shape index (κ1) is 5.44. The van der Waals surface area contributed by atoms with Gasteiger partial charge in [0.05, 0.1) is 5.00 Å². The lowest BCUT2D eigenvalue weighted by Crippen LogP contribution is -1.81. The molecule has 0 aliphatic heterocycles. The molecule has 0 saturated heterocycles. The predicted octanol–water partition coefficient (Wildman–Crippen LogP) is 1.22. The number of nitrogens with two attached hydrogens (primary N) is 2. The second-order valence-electron chi connectivity index (χ2n) is 1.66. The minimum absolute atomic E-state index is 0.792. The highest BCUT2D eigenvalue weighted by atomic mass is 32.1. The van der Waals surface area contributed by atoms with E-state index in [0.717, 1.165) is 15.6 Å². The van der Waals surface area contributed by atoms with E-state index >= 15 is 0 Å². The number of hydrogen-bond donors (Lipinski definition) is 2. The molecule has 0 spiro atoms. The quantitative estimate of drug-likeness (QED) is 0.552. The number of aryl methyl sites for hydroxylation is 1. The molecule has 2 nitrogen and oxygen atoms in total. The standard InChI is InChI=1S/C5H8N2S/c1-3-4(6)2-5(7)8-3/h2H,6-7H2,1H3. The Morgan fingerprint density at radius 3 is 2.25 bits per heavy atom. The molecule has 1 rings (SSSR count). The number of nitrogen functional groups attached to an aromatic ring is 2. The molecule has 0 fully saturated rings. The fourth-order valence-corrected chi connectivity index (χ4v) is 1.24. The lowest BCUT2D eigenvalue weighted by atomic mass is 10.4. The summed E-state index contributed by atoms with van der Waals surface area (Å²) in [6.45, 7) is 1.95. The van der Waals surface area contributed by atoms with Crippen LogP contribution in [0.25, 0.3) is 0 Å². The number of thiophene rings is 1. The monoisotopic (exact) mass is 128 g/mol.